The minimum atomic E-state index is -1.82. The van der Waals surface area contributed by atoms with Gasteiger partial charge in [0.05, 0.1) is 37.5 Å². The van der Waals surface area contributed by atoms with Crippen molar-refractivity contribution in [1.82, 2.24) is 42.5 Å². The summed E-state index contributed by atoms with van der Waals surface area (Å²) in [6, 6.07) is 1.77. The molecule has 0 aromatic heterocycles. The van der Waals surface area contributed by atoms with Crippen molar-refractivity contribution in [2.45, 2.75) is 144 Å². The maximum Gasteiger partial charge on any atom is 0.305 e. The highest BCUT2D eigenvalue weighted by molar-refractivity contribution is 5.98. The largest absolute Gasteiger partial charge is 0.481 e. The van der Waals surface area contributed by atoms with Crippen LogP contribution in [0.25, 0.3) is 0 Å². The van der Waals surface area contributed by atoms with Crippen molar-refractivity contribution in [3.05, 3.63) is 48.3 Å². The van der Waals surface area contributed by atoms with Crippen molar-refractivity contribution in [3.63, 3.8) is 0 Å². The van der Waals surface area contributed by atoms with Gasteiger partial charge in [-0.15, -0.1) is 0 Å². The summed E-state index contributed by atoms with van der Waals surface area (Å²) in [5.41, 5.74) is 6.18. The quantitative estimate of drug-likeness (QED) is 0.0542. The highest BCUT2D eigenvalue weighted by atomic mass is 16.7. The number of carboxylic acids is 1. The fourth-order valence-corrected chi connectivity index (χ4v) is 8.13. The summed E-state index contributed by atoms with van der Waals surface area (Å²) in [7, 11) is 1.17. The van der Waals surface area contributed by atoms with Crippen LogP contribution in [0.5, 0.6) is 0 Å². The van der Waals surface area contributed by atoms with Crippen LogP contribution >= 0.6 is 0 Å². The van der Waals surface area contributed by atoms with E-state index in [0.29, 0.717) is 5.56 Å². The maximum absolute atomic E-state index is 14.2. The molecule has 3 fully saturated rings. The van der Waals surface area contributed by atoms with Gasteiger partial charge >= 0.3 is 5.97 Å². The Kier molecular flexibility index (Phi) is 22.2. The summed E-state index contributed by atoms with van der Waals surface area (Å²) >= 11 is 0. The molecule has 0 radical (unpaired) electrons. The van der Waals surface area contributed by atoms with E-state index in [2.05, 4.69) is 49.1 Å². The molecule has 0 bridgehead atoms. The fraction of sp³-hybridized carbons (Fsp3) is 0.636. The molecular weight excluding hydrogens is 927 g/mol. The lowest BCUT2D eigenvalue weighted by Gasteiger charge is -2.47. The number of rotatable bonds is 20. The van der Waals surface area contributed by atoms with E-state index in [4.69, 9.17) is 24.7 Å². The Bertz CT molecular complexity index is 1980. The summed E-state index contributed by atoms with van der Waals surface area (Å²) < 4.78 is 22.7. The second kappa shape index (κ2) is 27.4. The van der Waals surface area contributed by atoms with Crippen molar-refractivity contribution in [2.24, 2.45) is 5.73 Å². The number of carbonyl (C=O) groups excluding carboxylic acids is 7. The number of aliphatic hydroxyl groups is 4. The number of aliphatic carboxylic acids is 1. The average molecular weight is 994 g/mol. The van der Waals surface area contributed by atoms with Gasteiger partial charge in [0, 0.05) is 33.5 Å². The van der Waals surface area contributed by atoms with Crippen LogP contribution in [-0.4, -0.2) is 192 Å². The molecule has 9 unspecified atom stereocenters. The van der Waals surface area contributed by atoms with E-state index in [0.717, 1.165) is 0 Å². The number of ether oxygens (including phenoxy) is 4. The third-order valence-electron chi connectivity index (χ3n) is 11.8. The number of carboxylic acid groups (broad SMARTS) is 1. The van der Waals surface area contributed by atoms with E-state index in [1.165, 1.54) is 14.0 Å². The van der Waals surface area contributed by atoms with Crippen molar-refractivity contribution in [2.75, 3.05) is 33.4 Å². The SMILES string of the molecule is C=C(N)NCCCC1NC(=O)CNC(=O)C(CC(=O)O)NC(=O)C(Cc2ccccc2)NC(=O)C(CCCCNC(=O)C2O[C@@H](O[C@H]3C(O)C(CO)O[C@@H](C)C3NC(C)=O)C(O)[C@@H](O)[C@@H]2OC)NC1=O. The first-order chi connectivity index (χ1) is 33.2. The number of benzene rings is 1. The lowest BCUT2D eigenvalue weighted by Crippen LogP contribution is -2.68. The Hall–Kier alpha value is -6.00. The first-order valence-electron chi connectivity index (χ1n) is 22.9. The van der Waals surface area contributed by atoms with E-state index in [1.54, 1.807) is 37.3 Å². The van der Waals surface area contributed by atoms with Gasteiger partial charge in [-0.25, -0.2) is 0 Å². The Morgan fingerprint density at radius 1 is 0.800 bits per heavy atom. The molecule has 3 heterocycles. The zero-order chi connectivity index (χ0) is 51.7. The van der Waals surface area contributed by atoms with E-state index in [9.17, 15) is 63.9 Å². The number of unbranched alkanes of at least 4 members (excludes halogenated alkanes) is 1. The molecule has 0 aliphatic carbocycles. The average Bonchev–Trinajstić information content (AvgIpc) is 3.31. The summed E-state index contributed by atoms with van der Waals surface area (Å²) in [5.74, 6) is -7.03. The molecule has 3 aliphatic rings. The van der Waals surface area contributed by atoms with Gasteiger partial charge in [-0.3, -0.25) is 38.4 Å². The van der Waals surface area contributed by atoms with Gasteiger partial charge < -0.3 is 92.7 Å². The number of hydrogen-bond donors (Lipinski definition) is 14. The molecular formula is C44H67N9O17. The van der Waals surface area contributed by atoms with E-state index < -0.39 is 152 Å². The van der Waals surface area contributed by atoms with Gasteiger partial charge in [-0.05, 0) is 44.6 Å². The Labute approximate surface area is 403 Å². The van der Waals surface area contributed by atoms with Crippen LogP contribution in [0.4, 0.5) is 0 Å². The summed E-state index contributed by atoms with van der Waals surface area (Å²) in [5, 5.41) is 73.0. The summed E-state index contributed by atoms with van der Waals surface area (Å²) in [4.78, 5) is 106. The molecule has 70 heavy (non-hydrogen) atoms. The van der Waals surface area contributed by atoms with Gasteiger partial charge in [-0.2, -0.15) is 0 Å². The van der Waals surface area contributed by atoms with Crippen LogP contribution in [0.3, 0.4) is 0 Å². The van der Waals surface area contributed by atoms with Gasteiger partial charge in [0.15, 0.2) is 12.4 Å². The van der Waals surface area contributed by atoms with Crippen LogP contribution in [0.1, 0.15) is 57.9 Å². The zero-order valence-corrected chi connectivity index (χ0v) is 39.2. The number of nitrogens with one attached hydrogen (secondary N) is 8. The number of aliphatic hydroxyl groups excluding tert-OH is 4. The smallest absolute Gasteiger partial charge is 0.305 e. The van der Waals surface area contributed by atoms with Crippen molar-refractivity contribution in [1.29, 1.82) is 0 Å². The molecule has 26 nitrogen and oxygen atoms in total. The maximum atomic E-state index is 14.2. The van der Waals surface area contributed by atoms with Gasteiger partial charge in [0.2, 0.25) is 35.4 Å². The second-order valence-corrected chi connectivity index (χ2v) is 17.2. The molecule has 4 rings (SSSR count). The Morgan fingerprint density at radius 2 is 1.41 bits per heavy atom. The topological polar surface area (TPSA) is 397 Å². The third-order valence-corrected chi connectivity index (χ3v) is 11.8. The van der Waals surface area contributed by atoms with Crippen molar-refractivity contribution in [3.8, 4) is 0 Å². The van der Waals surface area contributed by atoms with Gasteiger partial charge in [-0.1, -0.05) is 36.9 Å². The molecule has 3 aliphatic heterocycles. The third kappa shape index (κ3) is 16.6. The standard InChI is InChI=1S/C44H67N9O17/c1-21-32(49-23(3)55)36(33(59)29(20-54)68-21)69-44-35(61)34(60)37(67-4)38(70-44)43(66)47-15-9-8-13-26-41(64)52-27(17-24-11-6-5-7-12-24)42(65)53-28(18-31(57)58)39(62)48-19-30(56)50-25(40(63)51-26)14-10-16-46-22(2)45/h5-7,11-12,21,25-29,32-38,44,46,54,59-61H,2,8-10,13-20,45H2,1,3-4H3,(H,47,66)(H,48,62)(H,49,55)(H,50,56)(H,51,63)(H,52,64)(H,53,65)(H,57,58)/t21-,25?,26?,27?,28?,29?,32?,33?,34+,35?,36+,37-,38?,44+/m0/s1. The number of carbonyl (C=O) groups is 8. The highest BCUT2D eigenvalue weighted by Crippen LogP contribution is 2.30. The molecule has 26 heteroatoms. The lowest BCUT2D eigenvalue weighted by molar-refractivity contribution is -0.325. The summed E-state index contributed by atoms with van der Waals surface area (Å²) in [6.07, 6.45) is -13.8. The molecule has 1 aromatic rings. The van der Waals surface area contributed by atoms with E-state index in [-0.39, 0.29) is 57.4 Å². The molecule has 3 saturated heterocycles. The summed E-state index contributed by atoms with van der Waals surface area (Å²) in [6.45, 7) is 5.18. The van der Waals surface area contributed by atoms with Crippen LogP contribution < -0.4 is 48.3 Å². The molecule has 0 saturated carbocycles. The molecule has 1 aromatic carbocycles. The minimum absolute atomic E-state index is 0.0155. The monoisotopic (exact) mass is 993 g/mol. The molecule has 14 atom stereocenters. The predicted molar refractivity (Wildman–Crippen MR) is 242 cm³/mol. The first kappa shape index (κ1) is 56.6. The Balaban J connectivity index is 1.53. The van der Waals surface area contributed by atoms with E-state index >= 15 is 0 Å². The van der Waals surface area contributed by atoms with Crippen LogP contribution in [0, 0.1) is 0 Å². The Morgan fingerprint density at radius 3 is 2.04 bits per heavy atom. The molecule has 390 valence electrons. The first-order valence-corrected chi connectivity index (χ1v) is 22.9. The molecule has 7 amide bonds. The number of nitrogens with two attached hydrogens (primary N) is 1. The van der Waals surface area contributed by atoms with Crippen LogP contribution in [-0.2, 0) is 63.7 Å². The van der Waals surface area contributed by atoms with Crippen molar-refractivity contribution < 1.29 is 82.8 Å². The minimum Gasteiger partial charge on any atom is -0.481 e. The van der Waals surface area contributed by atoms with Crippen LogP contribution in [0.15, 0.2) is 42.7 Å². The lowest BCUT2D eigenvalue weighted by atomic mass is 9.92. The highest BCUT2D eigenvalue weighted by Gasteiger charge is 2.52. The van der Waals surface area contributed by atoms with Crippen LogP contribution in [0.2, 0.25) is 0 Å². The molecule has 0 spiro atoms. The zero-order valence-electron chi connectivity index (χ0n) is 39.2. The number of hydrogen-bond acceptors (Lipinski definition) is 18. The van der Waals surface area contributed by atoms with Crippen molar-refractivity contribution >= 4 is 47.3 Å². The number of amides is 7. The van der Waals surface area contributed by atoms with Gasteiger partial charge in [0.25, 0.3) is 5.91 Å². The fourth-order valence-electron chi connectivity index (χ4n) is 8.13. The van der Waals surface area contributed by atoms with Gasteiger partial charge in [0.1, 0.15) is 60.8 Å². The second-order valence-electron chi connectivity index (χ2n) is 17.2. The van der Waals surface area contributed by atoms with E-state index in [1.807, 2.05) is 0 Å². The molecule has 15 N–H and O–H groups in total. The predicted octanol–water partition coefficient (Wildman–Crippen LogP) is -5.65. The number of methoxy groups -OCH3 is 1. The normalized spacial score (nSPS) is 31.2.